The van der Waals surface area contributed by atoms with Gasteiger partial charge in [-0.25, -0.2) is 4.79 Å². The van der Waals surface area contributed by atoms with Crippen molar-refractivity contribution in [1.82, 2.24) is 15.1 Å². The molecule has 0 bridgehead atoms. The molecule has 1 unspecified atom stereocenters. The van der Waals surface area contributed by atoms with E-state index in [-0.39, 0.29) is 6.03 Å². The lowest BCUT2D eigenvalue weighted by Gasteiger charge is -2.30. The summed E-state index contributed by atoms with van der Waals surface area (Å²) >= 11 is 0. The number of amides is 2. The second-order valence-electron chi connectivity index (χ2n) is 4.54. The fourth-order valence-electron chi connectivity index (χ4n) is 2.18. The highest BCUT2D eigenvalue weighted by Crippen LogP contribution is 2.18. The van der Waals surface area contributed by atoms with Crippen LogP contribution >= 0.6 is 0 Å². The largest absolute Gasteiger partial charge is 0.341 e. The maximum absolute atomic E-state index is 11.3. The van der Waals surface area contributed by atoms with Crippen LogP contribution in [0.1, 0.15) is 19.3 Å². The normalized spacial score (nSPS) is 22.5. The molecule has 1 atom stereocenters. The number of carbonyl (C=O) groups is 1. The number of nitrogens with zero attached hydrogens (tertiary/aromatic N) is 2. The monoisotopic (exact) mass is 213 g/mol. The van der Waals surface area contributed by atoms with E-state index >= 15 is 0 Å². The Bertz CT molecular complexity index is 208. The highest BCUT2D eigenvalue weighted by molar-refractivity contribution is 5.73. The van der Waals surface area contributed by atoms with Gasteiger partial charge >= 0.3 is 6.03 Å². The molecule has 0 aromatic carbocycles. The van der Waals surface area contributed by atoms with Crippen molar-refractivity contribution in [3.63, 3.8) is 0 Å². The van der Waals surface area contributed by atoms with Gasteiger partial charge in [-0.2, -0.15) is 0 Å². The fraction of sp³-hybridized carbons (Fsp3) is 0.909. The predicted octanol–water partition coefficient (Wildman–Crippen LogP) is 0.989. The van der Waals surface area contributed by atoms with E-state index in [2.05, 4.69) is 17.3 Å². The number of carbonyl (C=O) groups excluding carboxylic acids is 1. The Balaban J connectivity index is 2.21. The Hall–Kier alpha value is -0.770. The van der Waals surface area contributed by atoms with Crippen LogP contribution in [0.15, 0.2) is 0 Å². The van der Waals surface area contributed by atoms with Gasteiger partial charge in [0.25, 0.3) is 0 Å². The Morgan fingerprint density at radius 1 is 1.60 bits per heavy atom. The number of rotatable bonds is 3. The van der Waals surface area contributed by atoms with E-state index in [0.29, 0.717) is 0 Å². The summed E-state index contributed by atoms with van der Waals surface area (Å²) in [4.78, 5) is 15.4. The molecule has 2 amide bonds. The van der Waals surface area contributed by atoms with Crippen molar-refractivity contribution in [3.05, 3.63) is 0 Å². The molecule has 1 aliphatic rings. The third-order valence-corrected chi connectivity index (χ3v) is 3.16. The summed E-state index contributed by atoms with van der Waals surface area (Å²) in [5, 5.41) is 2.64. The van der Waals surface area contributed by atoms with Crippen LogP contribution in [0, 0.1) is 5.92 Å². The smallest absolute Gasteiger partial charge is 0.316 e. The molecule has 0 aromatic heterocycles. The summed E-state index contributed by atoms with van der Waals surface area (Å²) in [6.07, 6.45) is 3.73. The average molecular weight is 213 g/mol. The first-order valence-corrected chi connectivity index (χ1v) is 5.75. The number of hydrogen-bond acceptors (Lipinski definition) is 2. The van der Waals surface area contributed by atoms with E-state index in [1.54, 1.807) is 11.9 Å². The standard InChI is InChI=1S/C11H23N3O/c1-12-11(15)14(3)8-6-10-5-4-7-13(2)9-10/h10H,4-9H2,1-3H3,(H,12,15). The third kappa shape index (κ3) is 4.08. The number of nitrogens with one attached hydrogen (secondary N) is 1. The zero-order valence-corrected chi connectivity index (χ0v) is 10.1. The summed E-state index contributed by atoms with van der Waals surface area (Å²) in [6, 6.07) is 0.0131. The molecule has 4 heteroatoms. The first-order valence-electron chi connectivity index (χ1n) is 5.75. The topological polar surface area (TPSA) is 35.6 Å². The quantitative estimate of drug-likeness (QED) is 0.759. The summed E-state index contributed by atoms with van der Waals surface area (Å²) < 4.78 is 0. The van der Waals surface area contributed by atoms with Crippen LogP contribution in [0.5, 0.6) is 0 Å². The highest BCUT2D eigenvalue weighted by Gasteiger charge is 2.18. The van der Waals surface area contributed by atoms with Crippen molar-refractivity contribution < 1.29 is 4.79 Å². The zero-order valence-electron chi connectivity index (χ0n) is 10.1. The van der Waals surface area contributed by atoms with Gasteiger partial charge < -0.3 is 15.1 Å². The van der Waals surface area contributed by atoms with E-state index in [9.17, 15) is 4.79 Å². The SMILES string of the molecule is CNC(=O)N(C)CCC1CCCN(C)C1. The molecule has 4 nitrogen and oxygen atoms in total. The van der Waals surface area contributed by atoms with Gasteiger partial charge in [0.15, 0.2) is 0 Å². The van der Waals surface area contributed by atoms with Crippen LogP contribution in [0.3, 0.4) is 0 Å². The number of piperidine rings is 1. The van der Waals surface area contributed by atoms with Crippen LogP contribution in [0.4, 0.5) is 4.79 Å². The van der Waals surface area contributed by atoms with Crippen molar-refractivity contribution in [1.29, 1.82) is 0 Å². The predicted molar refractivity (Wildman–Crippen MR) is 61.9 cm³/mol. The molecule has 88 valence electrons. The van der Waals surface area contributed by atoms with Crippen LogP contribution in [-0.4, -0.2) is 56.6 Å². The van der Waals surface area contributed by atoms with Crippen LogP contribution in [-0.2, 0) is 0 Å². The van der Waals surface area contributed by atoms with Crippen LogP contribution in [0.2, 0.25) is 0 Å². The van der Waals surface area contributed by atoms with Crippen molar-refractivity contribution >= 4 is 6.03 Å². The van der Waals surface area contributed by atoms with E-state index in [1.807, 2.05) is 7.05 Å². The fourth-order valence-corrected chi connectivity index (χ4v) is 2.18. The third-order valence-electron chi connectivity index (χ3n) is 3.16. The molecule has 1 heterocycles. The molecule has 1 rings (SSSR count). The average Bonchev–Trinajstić information content (AvgIpc) is 2.25. The minimum atomic E-state index is 0.0131. The van der Waals surface area contributed by atoms with Crippen molar-refractivity contribution in [3.8, 4) is 0 Å². The number of hydrogen-bond donors (Lipinski definition) is 1. The van der Waals surface area contributed by atoms with Gasteiger partial charge in [0.1, 0.15) is 0 Å². The van der Waals surface area contributed by atoms with Gasteiger partial charge in [-0.3, -0.25) is 0 Å². The summed E-state index contributed by atoms with van der Waals surface area (Å²) in [6.45, 7) is 3.27. The molecular weight excluding hydrogens is 190 g/mol. The second kappa shape index (κ2) is 5.95. The molecule has 0 aromatic rings. The minimum absolute atomic E-state index is 0.0131. The maximum Gasteiger partial charge on any atom is 0.316 e. The van der Waals surface area contributed by atoms with E-state index in [4.69, 9.17) is 0 Å². The van der Waals surface area contributed by atoms with Crippen molar-refractivity contribution in [2.45, 2.75) is 19.3 Å². The van der Waals surface area contributed by atoms with Gasteiger partial charge in [-0.05, 0) is 38.8 Å². The lowest BCUT2D eigenvalue weighted by atomic mass is 9.95. The molecule has 1 fully saturated rings. The zero-order chi connectivity index (χ0) is 11.3. The van der Waals surface area contributed by atoms with Crippen LogP contribution in [0.25, 0.3) is 0 Å². The minimum Gasteiger partial charge on any atom is -0.341 e. The van der Waals surface area contributed by atoms with Gasteiger partial charge in [-0.1, -0.05) is 0 Å². The Morgan fingerprint density at radius 3 is 2.93 bits per heavy atom. The molecular formula is C11H23N3O. The molecule has 0 saturated carbocycles. The molecule has 1 aliphatic heterocycles. The molecule has 1 saturated heterocycles. The Morgan fingerprint density at radius 2 is 2.33 bits per heavy atom. The lowest BCUT2D eigenvalue weighted by Crippen LogP contribution is -2.38. The van der Waals surface area contributed by atoms with Crippen LogP contribution < -0.4 is 5.32 Å². The van der Waals surface area contributed by atoms with Gasteiger partial charge in [0, 0.05) is 27.2 Å². The molecule has 0 radical (unpaired) electrons. The molecule has 1 N–H and O–H groups in total. The molecule has 15 heavy (non-hydrogen) atoms. The lowest BCUT2D eigenvalue weighted by molar-refractivity contribution is 0.181. The first-order chi connectivity index (χ1) is 7.13. The van der Waals surface area contributed by atoms with Gasteiger partial charge in [0.05, 0.1) is 0 Å². The number of likely N-dealkylation sites (tertiary alicyclic amines) is 1. The Labute approximate surface area is 92.6 Å². The van der Waals surface area contributed by atoms with Crippen molar-refractivity contribution in [2.24, 2.45) is 5.92 Å². The highest BCUT2D eigenvalue weighted by atomic mass is 16.2. The van der Waals surface area contributed by atoms with E-state index in [1.165, 1.54) is 25.9 Å². The van der Waals surface area contributed by atoms with Gasteiger partial charge in [0.2, 0.25) is 0 Å². The molecule has 0 spiro atoms. The summed E-state index contributed by atoms with van der Waals surface area (Å²) in [5.74, 6) is 0.760. The number of urea groups is 1. The first kappa shape index (κ1) is 12.3. The maximum atomic E-state index is 11.3. The Kier molecular flexibility index (Phi) is 4.88. The second-order valence-corrected chi connectivity index (χ2v) is 4.54. The van der Waals surface area contributed by atoms with E-state index in [0.717, 1.165) is 18.9 Å². The summed E-state index contributed by atoms with van der Waals surface area (Å²) in [5.41, 5.74) is 0. The van der Waals surface area contributed by atoms with Gasteiger partial charge in [-0.15, -0.1) is 0 Å². The van der Waals surface area contributed by atoms with Crippen molar-refractivity contribution in [2.75, 3.05) is 40.8 Å². The summed E-state index contributed by atoms with van der Waals surface area (Å²) in [7, 11) is 5.70. The van der Waals surface area contributed by atoms with E-state index < -0.39 is 0 Å². The molecule has 0 aliphatic carbocycles.